The molecular weight excluding hydrogens is 258 g/mol. The number of carbonyl (C=O) groups excluding carboxylic acids is 1. The van der Waals surface area contributed by atoms with Crippen molar-refractivity contribution in [1.29, 1.82) is 0 Å². The van der Waals surface area contributed by atoms with Gasteiger partial charge in [-0.1, -0.05) is 17.8 Å². The molecule has 2 rings (SSSR count). The lowest BCUT2D eigenvalue weighted by Crippen LogP contribution is -2.24. The highest BCUT2D eigenvalue weighted by atomic mass is 32.2. The quantitative estimate of drug-likeness (QED) is 0.895. The molecule has 0 saturated carbocycles. The maximum absolute atomic E-state index is 13.6. The largest absolute Gasteiger partial charge is 0.510 e. The first-order valence-corrected chi connectivity index (χ1v) is 6.23. The zero-order valence-corrected chi connectivity index (χ0v) is 10.8. The van der Waals surface area contributed by atoms with Crippen LogP contribution in [0.5, 0.6) is 0 Å². The van der Waals surface area contributed by atoms with Gasteiger partial charge in [0.2, 0.25) is 5.12 Å². The summed E-state index contributed by atoms with van der Waals surface area (Å²) in [6, 6.07) is 3.30. The van der Waals surface area contributed by atoms with E-state index in [-0.39, 0.29) is 22.9 Å². The Balaban J connectivity index is 2.32. The molecule has 1 heterocycles. The smallest absolute Gasteiger partial charge is 0.219 e. The van der Waals surface area contributed by atoms with E-state index in [1.54, 1.807) is 6.92 Å². The molecule has 0 aromatic heterocycles. The van der Waals surface area contributed by atoms with Crippen molar-refractivity contribution in [3.05, 3.63) is 46.7 Å². The summed E-state index contributed by atoms with van der Waals surface area (Å²) in [5, 5.41) is 9.72. The molecule has 1 atom stereocenters. The molecule has 1 aromatic rings. The lowest BCUT2D eigenvalue weighted by molar-refractivity contribution is -0.107. The number of benzene rings is 1. The van der Waals surface area contributed by atoms with Crippen molar-refractivity contribution < 1.29 is 18.7 Å². The zero-order chi connectivity index (χ0) is 13.5. The second-order valence-corrected chi connectivity index (χ2v) is 5.98. The molecule has 1 N–H and O–H groups in total. The Bertz CT molecular complexity index is 554. The fraction of sp³-hybridized carbons (Fsp3) is 0.308. The third kappa shape index (κ3) is 2.14. The number of aliphatic hydroxyl groups is 1. The lowest BCUT2D eigenvalue weighted by Gasteiger charge is -2.22. The summed E-state index contributed by atoms with van der Waals surface area (Å²) < 4.78 is 25.5. The Labute approximate surface area is 108 Å². The predicted octanol–water partition coefficient (Wildman–Crippen LogP) is 3.37. The number of carbonyl (C=O) groups is 1. The molecule has 1 unspecified atom stereocenters. The van der Waals surface area contributed by atoms with Crippen molar-refractivity contribution in [1.82, 2.24) is 0 Å². The van der Waals surface area contributed by atoms with Gasteiger partial charge in [-0.15, -0.1) is 0 Å². The van der Waals surface area contributed by atoms with Gasteiger partial charge in [0.05, 0.1) is 4.75 Å². The summed E-state index contributed by atoms with van der Waals surface area (Å²) in [7, 11) is 0. The summed E-state index contributed by atoms with van der Waals surface area (Å²) in [6.45, 7) is 3.21. The van der Waals surface area contributed by atoms with Crippen molar-refractivity contribution in [2.24, 2.45) is 0 Å². The normalized spacial score (nSPS) is 23.9. The molecular formula is C13H12F2O2S. The van der Waals surface area contributed by atoms with E-state index in [9.17, 15) is 18.7 Å². The van der Waals surface area contributed by atoms with Gasteiger partial charge in [-0.3, -0.25) is 4.79 Å². The molecule has 18 heavy (non-hydrogen) atoms. The molecule has 1 aliphatic rings. The number of hydrogen-bond donors (Lipinski definition) is 1. The van der Waals surface area contributed by atoms with E-state index in [4.69, 9.17) is 0 Å². The third-order valence-corrected chi connectivity index (χ3v) is 4.30. The minimum absolute atomic E-state index is 0.0266. The summed E-state index contributed by atoms with van der Waals surface area (Å²) >= 11 is 0.968. The van der Waals surface area contributed by atoms with Crippen LogP contribution < -0.4 is 0 Å². The van der Waals surface area contributed by atoms with Gasteiger partial charge in [0.1, 0.15) is 17.4 Å². The van der Waals surface area contributed by atoms with Crippen molar-refractivity contribution >= 4 is 16.9 Å². The van der Waals surface area contributed by atoms with E-state index in [1.165, 1.54) is 13.0 Å². The van der Waals surface area contributed by atoms with Crippen molar-refractivity contribution in [3.8, 4) is 0 Å². The standard InChI is InChI=1S/C13H12F2O2S/c1-7-11(16)13(2,18-12(7)17)6-8-3-4-9(14)5-10(8)15/h3-5,16H,6H2,1-2H3. The number of rotatable bonds is 2. The molecule has 0 fully saturated rings. The van der Waals surface area contributed by atoms with Crippen molar-refractivity contribution in [3.63, 3.8) is 0 Å². The van der Waals surface area contributed by atoms with Crippen molar-refractivity contribution in [2.75, 3.05) is 0 Å². The number of thioether (sulfide) groups is 1. The van der Waals surface area contributed by atoms with Crippen LogP contribution in [0.2, 0.25) is 0 Å². The average Bonchev–Trinajstić information content (AvgIpc) is 2.48. The first-order chi connectivity index (χ1) is 8.33. The van der Waals surface area contributed by atoms with Crippen LogP contribution in [0.4, 0.5) is 8.78 Å². The molecule has 0 aliphatic carbocycles. The highest BCUT2D eigenvalue weighted by Crippen LogP contribution is 2.44. The lowest BCUT2D eigenvalue weighted by atomic mass is 9.96. The Morgan fingerprint density at radius 2 is 2.06 bits per heavy atom. The van der Waals surface area contributed by atoms with Crippen LogP contribution in [0, 0.1) is 11.6 Å². The highest BCUT2D eigenvalue weighted by molar-refractivity contribution is 8.15. The van der Waals surface area contributed by atoms with E-state index >= 15 is 0 Å². The van der Waals surface area contributed by atoms with Gasteiger partial charge in [-0.25, -0.2) is 8.78 Å². The van der Waals surface area contributed by atoms with Gasteiger partial charge in [-0.2, -0.15) is 0 Å². The topological polar surface area (TPSA) is 37.3 Å². The molecule has 1 aliphatic heterocycles. The minimum atomic E-state index is -0.875. The van der Waals surface area contributed by atoms with Crippen molar-refractivity contribution in [2.45, 2.75) is 25.0 Å². The van der Waals surface area contributed by atoms with Crippen LogP contribution in [0.15, 0.2) is 29.5 Å². The Morgan fingerprint density at radius 1 is 1.39 bits per heavy atom. The number of aliphatic hydroxyl groups excluding tert-OH is 1. The Kier molecular flexibility index (Phi) is 3.19. The SMILES string of the molecule is CC1=C(O)C(C)(Cc2ccc(F)cc2F)SC1=O. The summed E-state index contributed by atoms with van der Waals surface area (Å²) in [5.41, 5.74) is 0.575. The van der Waals surface area contributed by atoms with Crippen LogP contribution in [0.3, 0.4) is 0 Å². The monoisotopic (exact) mass is 270 g/mol. The fourth-order valence-electron chi connectivity index (χ4n) is 1.97. The van der Waals surface area contributed by atoms with E-state index in [0.717, 1.165) is 23.9 Å². The first-order valence-electron chi connectivity index (χ1n) is 5.41. The van der Waals surface area contributed by atoms with Crippen LogP contribution in [0.25, 0.3) is 0 Å². The second-order valence-electron chi connectivity index (χ2n) is 4.51. The van der Waals surface area contributed by atoms with Gasteiger partial charge in [0.15, 0.2) is 0 Å². The maximum atomic E-state index is 13.6. The molecule has 1 aromatic carbocycles. The van der Waals surface area contributed by atoms with E-state index in [0.29, 0.717) is 5.57 Å². The number of halogens is 2. The summed E-state index contributed by atoms with van der Waals surface area (Å²) in [4.78, 5) is 11.5. The molecule has 0 amide bonds. The van der Waals surface area contributed by atoms with Gasteiger partial charge in [0, 0.05) is 11.6 Å². The molecule has 0 bridgehead atoms. The van der Waals surface area contributed by atoms with Gasteiger partial charge in [0.25, 0.3) is 0 Å². The van der Waals surface area contributed by atoms with Gasteiger partial charge < -0.3 is 5.11 Å². The molecule has 96 valence electrons. The molecule has 0 spiro atoms. The van der Waals surface area contributed by atoms with Crippen LogP contribution in [-0.4, -0.2) is 15.0 Å². The third-order valence-electron chi connectivity index (χ3n) is 3.02. The Morgan fingerprint density at radius 3 is 2.56 bits per heavy atom. The minimum Gasteiger partial charge on any atom is -0.510 e. The van der Waals surface area contributed by atoms with Crippen LogP contribution >= 0.6 is 11.8 Å². The average molecular weight is 270 g/mol. The van der Waals surface area contributed by atoms with Gasteiger partial charge >= 0.3 is 0 Å². The molecule has 2 nitrogen and oxygen atoms in total. The van der Waals surface area contributed by atoms with E-state index in [1.807, 2.05) is 0 Å². The maximum Gasteiger partial charge on any atom is 0.219 e. The molecule has 0 radical (unpaired) electrons. The first kappa shape index (κ1) is 13.1. The van der Waals surface area contributed by atoms with Crippen LogP contribution in [0.1, 0.15) is 19.4 Å². The van der Waals surface area contributed by atoms with E-state index < -0.39 is 16.4 Å². The highest BCUT2D eigenvalue weighted by Gasteiger charge is 2.42. The molecule has 5 heteroatoms. The van der Waals surface area contributed by atoms with Gasteiger partial charge in [-0.05, 0) is 31.9 Å². The summed E-state index contributed by atoms with van der Waals surface area (Å²) in [6.07, 6.45) is 0.138. The Hall–Kier alpha value is -1.36. The fourth-order valence-corrected chi connectivity index (χ4v) is 3.11. The second kappa shape index (κ2) is 4.39. The molecule has 0 saturated heterocycles. The van der Waals surface area contributed by atoms with E-state index in [2.05, 4.69) is 0 Å². The summed E-state index contributed by atoms with van der Waals surface area (Å²) in [5.74, 6) is -1.34. The predicted molar refractivity (Wildman–Crippen MR) is 66.4 cm³/mol. The van der Waals surface area contributed by atoms with Crippen LogP contribution in [-0.2, 0) is 11.2 Å². The zero-order valence-electron chi connectivity index (χ0n) is 9.96. The number of hydrogen-bond acceptors (Lipinski definition) is 3.